The zero-order chi connectivity index (χ0) is 22.1. The monoisotopic (exact) mass is 436 g/mol. The SMILES string of the molecule is CCOc1cc(-c2noc(-c3ncn4c3CO[C@H](c3ccc(F)cc3)C4)n2)ccc1OC. The first-order valence-electron chi connectivity index (χ1n) is 10.2. The van der Waals surface area contributed by atoms with E-state index in [-0.39, 0.29) is 11.9 Å². The fourth-order valence-corrected chi connectivity index (χ4v) is 3.71. The minimum atomic E-state index is -0.271. The summed E-state index contributed by atoms with van der Waals surface area (Å²) in [5.41, 5.74) is 3.09. The second-order valence-corrected chi connectivity index (χ2v) is 7.27. The highest BCUT2D eigenvalue weighted by Gasteiger charge is 2.26. The molecule has 0 N–H and O–H groups in total. The van der Waals surface area contributed by atoms with E-state index < -0.39 is 0 Å². The molecule has 1 aliphatic rings. The van der Waals surface area contributed by atoms with Crippen LogP contribution in [-0.2, 0) is 17.9 Å². The number of ether oxygens (including phenoxy) is 3. The molecule has 0 aliphatic carbocycles. The van der Waals surface area contributed by atoms with E-state index in [0.717, 1.165) is 16.8 Å². The first kappa shape index (κ1) is 20.2. The molecule has 3 heterocycles. The summed E-state index contributed by atoms with van der Waals surface area (Å²) in [5, 5.41) is 4.11. The second kappa shape index (κ2) is 8.43. The summed E-state index contributed by atoms with van der Waals surface area (Å²) in [4.78, 5) is 9.00. The molecule has 9 heteroatoms. The van der Waals surface area contributed by atoms with Crippen LogP contribution in [0, 0.1) is 5.82 Å². The summed E-state index contributed by atoms with van der Waals surface area (Å²) in [7, 11) is 1.59. The summed E-state index contributed by atoms with van der Waals surface area (Å²) in [6.07, 6.45) is 1.55. The third-order valence-corrected chi connectivity index (χ3v) is 5.32. The Kier molecular flexibility index (Phi) is 5.32. The van der Waals surface area contributed by atoms with Crippen molar-refractivity contribution >= 4 is 0 Å². The van der Waals surface area contributed by atoms with E-state index in [1.807, 2.05) is 23.6 Å². The van der Waals surface area contributed by atoms with Gasteiger partial charge in [-0.05, 0) is 42.8 Å². The maximum absolute atomic E-state index is 13.2. The van der Waals surface area contributed by atoms with Gasteiger partial charge in [0.1, 0.15) is 11.9 Å². The van der Waals surface area contributed by atoms with Crippen molar-refractivity contribution in [2.75, 3.05) is 13.7 Å². The minimum absolute atomic E-state index is 0.181. The fourth-order valence-electron chi connectivity index (χ4n) is 3.71. The molecule has 1 aliphatic heterocycles. The Hall–Kier alpha value is -3.72. The molecule has 0 saturated carbocycles. The number of rotatable bonds is 6. The summed E-state index contributed by atoms with van der Waals surface area (Å²) < 4.78 is 37.7. The Morgan fingerprint density at radius 1 is 1.16 bits per heavy atom. The molecule has 0 unspecified atom stereocenters. The number of benzene rings is 2. The molecular formula is C23H21FN4O4. The number of halogens is 1. The molecule has 0 bridgehead atoms. The lowest BCUT2D eigenvalue weighted by atomic mass is 10.1. The van der Waals surface area contributed by atoms with Crippen LogP contribution in [0.1, 0.15) is 24.3 Å². The van der Waals surface area contributed by atoms with Crippen LogP contribution in [0.2, 0.25) is 0 Å². The number of nitrogens with zero attached hydrogens (tertiary/aromatic N) is 4. The molecule has 8 nitrogen and oxygen atoms in total. The van der Waals surface area contributed by atoms with Crippen molar-refractivity contribution in [1.29, 1.82) is 0 Å². The lowest BCUT2D eigenvalue weighted by Gasteiger charge is -2.25. The van der Waals surface area contributed by atoms with Crippen LogP contribution in [0.15, 0.2) is 53.3 Å². The molecule has 164 valence electrons. The Bertz CT molecular complexity index is 1240. The summed E-state index contributed by atoms with van der Waals surface area (Å²) in [6.45, 7) is 3.30. The first-order valence-corrected chi connectivity index (χ1v) is 10.2. The van der Waals surface area contributed by atoms with E-state index in [1.165, 1.54) is 12.1 Å². The molecule has 0 fully saturated rings. The van der Waals surface area contributed by atoms with E-state index in [0.29, 0.717) is 48.7 Å². The van der Waals surface area contributed by atoms with Gasteiger partial charge in [0.2, 0.25) is 5.82 Å². The Labute approximate surface area is 183 Å². The predicted octanol–water partition coefficient (Wildman–Crippen LogP) is 4.42. The number of hydrogen-bond donors (Lipinski definition) is 0. The number of imidazole rings is 1. The number of hydrogen-bond acceptors (Lipinski definition) is 7. The summed E-state index contributed by atoms with van der Waals surface area (Å²) in [6, 6.07) is 11.8. The van der Waals surface area contributed by atoms with Crippen LogP contribution in [0.4, 0.5) is 4.39 Å². The van der Waals surface area contributed by atoms with Crippen molar-refractivity contribution in [3.63, 3.8) is 0 Å². The topological polar surface area (TPSA) is 84.4 Å². The molecule has 32 heavy (non-hydrogen) atoms. The fraction of sp³-hybridized carbons (Fsp3) is 0.261. The zero-order valence-electron chi connectivity index (χ0n) is 17.6. The molecule has 0 spiro atoms. The lowest BCUT2D eigenvalue weighted by molar-refractivity contribution is 0.00326. The van der Waals surface area contributed by atoms with Crippen molar-refractivity contribution in [2.45, 2.75) is 26.2 Å². The molecule has 5 rings (SSSR count). The number of methoxy groups -OCH3 is 1. The highest BCUT2D eigenvalue weighted by molar-refractivity contribution is 5.63. The van der Waals surface area contributed by atoms with Crippen LogP contribution in [0.5, 0.6) is 11.5 Å². The average Bonchev–Trinajstić information content (AvgIpc) is 3.46. The second-order valence-electron chi connectivity index (χ2n) is 7.27. The van der Waals surface area contributed by atoms with Gasteiger partial charge in [-0.3, -0.25) is 0 Å². The van der Waals surface area contributed by atoms with Gasteiger partial charge in [-0.25, -0.2) is 9.37 Å². The summed E-state index contributed by atoms with van der Waals surface area (Å²) >= 11 is 0. The lowest BCUT2D eigenvalue weighted by Crippen LogP contribution is -2.20. The van der Waals surface area contributed by atoms with Gasteiger partial charge >= 0.3 is 0 Å². The Morgan fingerprint density at radius 2 is 2.00 bits per heavy atom. The van der Waals surface area contributed by atoms with Crippen LogP contribution >= 0.6 is 0 Å². The molecule has 2 aromatic heterocycles. The maximum Gasteiger partial charge on any atom is 0.278 e. The third-order valence-electron chi connectivity index (χ3n) is 5.32. The molecule has 0 radical (unpaired) electrons. The minimum Gasteiger partial charge on any atom is -0.493 e. The van der Waals surface area contributed by atoms with Gasteiger partial charge in [0.05, 0.1) is 38.9 Å². The summed E-state index contributed by atoms with van der Waals surface area (Å²) in [5.74, 6) is 1.71. The Morgan fingerprint density at radius 3 is 2.78 bits per heavy atom. The largest absolute Gasteiger partial charge is 0.493 e. The molecule has 1 atom stereocenters. The van der Waals surface area contributed by atoms with Crippen LogP contribution in [-0.4, -0.2) is 33.4 Å². The van der Waals surface area contributed by atoms with Crippen molar-refractivity contribution < 1.29 is 23.1 Å². The van der Waals surface area contributed by atoms with E-state index in [4.69, 9.17) is 18.7 Å². The molecular weight excluding hydrogens is 415 g/mol. The molecule has 0 saturated heterocycles. The highest BCUT2D eigenvalue weighted by atomic mass is 19.1. The normalized spacial score (nSPS) is 15.4. The van der Waals surface area contributed by atoms with E-state index in [1.54, 1.807) is 31.6 Å². The third kappa shape index (κ3) is 3.71. The first-order chi connectivity index (χ1) is 15.7. The maximum atomic E-state index is 13.2. The zero-order valence-corrected chi connectivity index (χ0v) is 17.6. The number of aromatic nitrogens is 4. The van der Waals surface area contributed by atoms with Crippen molar-refractivity contribution in [3.05, 3.63) is 65.9 Å². The highest BCUT2D eigenvalue weighted by Crippen LogP contribution is 2.34. The van der Waals surface area contributed by atoms with Crippen LogP contribution in [0.25, 0.3) is 23.0 Å². The van der Waals surface area contributed by atoms with Gasteiger partial charge in [-0.1, -0.05) is 17.3 Å². The van der Waals surface area contributed by atoms with Crippen LogP contribution < -0.4 is 9.47 Å². The molecule has 4 aromatic rings. The smallest absolute Gasteiger partial charge is 0.278 e. The van der Waals surface area contributed by atoms with Gasteiger partial charge < -0.3 is 23.3 Å². The van der Waals surface area contributed by atoms with Gasteiger partial charge in [0, 0.05) is 5.56 Å². The standard InChI is InChI=1S/C23H21FN4O4/c1-3-30-19-10-15(6-9-18(19)29-2)22-26-23(32-27-22)21-17-12-31-20(11-28(17)13-25-21)14-4-7-16(24)8-5-14/h4-10,13,20H,3,11-12H2,1-2H3/t20-/m0/s1. The van der Waals surface area contributed by atoms with Crippen LogP contribution in [0.3, 0.4) is 0 Å². The average molecular weight is 436 g/mol. The molecule has 2 aromatic carbocycles. The quantitative estimate of drug-likeness (QED) is 0.442. The Balaban J connectivity index is 1.39. The van der Waals surface area contributed by atoms with Gasteiger partial charge in [-0.15, -0.1) is 0 Å². The van der Waals surface area contributed by atoms with E-state index in [2.05, 4.69) is 15.1 Å². The van der Waals surface area contributed by atoms with E-state index in [9.17, 15) is 4.39 Å². The van der Waals surface area contributed by atoms with Crippen molar-refractivity contribution in [2.24, 2.45) is 0 Å². The van der Waals surface area contributed by atoms with Gasteiger partial charge in [-0.2, -0.15) is 4.98 Å². The predicted molar refractivity (Wildman–Crippen MR) is 113 cm³/mol. The van der Waals surface area contributed by atoms with E-state index >= 15 is 0 Å². The van der Waals surface area contributed by atoms with Gasteiger partial charge in [0.15, 0.2) is 17.2 Å². The molecule has 0 amide bonds. The number of fused-ring (bicyclic) bond motifs is 1. The van der Waals surface area contributed by atoms with Crippen molar-refractivity contribution in [3.8, 4) is 34.5 Å². The van der Waals surface area contributed by atoms with Crippen molar-refractivity contribution in [1.82, 2.24) is 19.7 Å². The van der Waals surface area contributed by atoms with Gasteiger partial charge in [0.25, 0.3) is 5.89 Å².